The Bertz CT molecular complexity index is 653. The molecule has 0 atom stereocenters. The lowest BCUT2D eigenvalue weighted by Gasteiger charge is -2.31. The van der Waals surface area contributed by atoms with Crippen molar-refractivity contribution in [2.24, 2.45) is 5.92 Å². The molecule has 2 N–H and O–H groups in total. The SMILES string of the molecule is CCCc1nnc(NC(=O)CCC(=O)N2CCC(C(=O)NC(C)C)CC2)s1. The first kappa shape index (κ1) is 21.3. The van der Waals surface area contributed by atoms with Crippen molar-refractivity contribution in [1.29, 1.82) is 0 Å². The van der Waals surface area contributed by atoms with E-state index in [0.717, 1.165) is 17.8 Å². The van der Waals surface area contributed by atoms with Crippen molar-refractivity contribution in [3.8, 4) is 0 Å². The molecule has 0 bridgehead atoms. The molecule has 27 heavy (non-hydrogen) atoms. The molecule has 2 heterocycles. The first-order valence-corrected chi connectivity index (χ1v) is 10.4. The molecule has 0 aromatic carbocycles. The van der Waals surface area contributed by atoms with Crippen LogP contribution in [-0.2, 0) is 20.8 Å². The van der Waals surface area contributed by atoms with Gasteiger partial charge in [0.1, 0.15) is 5.01 Å². The average molecular weight is 396 g/mol. The van der Waals surface area contributed by atoms with Crippen LogP contribution in [0.1, 0.15) is 57.9 Å². The molecule has 0 radical (unpaired) electrons. The second kappa shape index (κ2) is 10.3. The highest BCUT2D eigenvalue weighted by atomic mass is 32.1. The van der Waals surface area contributed by atoms with Crippen LogP contribution in [0.4, 0.5) is 5.13 Å². The average Bonchev–Trinajstić information content (AvgIpc) is 3.06. The lowest BCUT2D eigenvalue weighted by molar-refractivity contribution is -0.136. The number of nitrogens with zero attached hydrogens (tertiary/aromatic N) is 3. The molecular weight excluding hydrogens is 366 g/mol. The van der Waals surface area contributed by atoms with Gasteiger partial charge >= 0.3 is 0 Å². The molecule has 1 aliphatic heterocycles. The smallest absolute Gasteiger partial charge is 0.226 e. The van der Waals surface area contributed by atoms with Crippen LogP contribution in [0.2, 0.25) is 0 Å². The van der Waals surface area contributed by atoms with Crippen LogP contribution in [0.3, 0.4) is 0 Å². The van der Waals surface area contributed by atoms with E-state index >= 15 is 0 Å². The third kappa shape index (κ3) is 6.89. The molecule has 9 heteroatoms. The molecule has 2 rings (SSSR count). The molecule has 0 spiro atoms. The van der Waals surface area contributed by atoms with Gasteiger partial charge in [-0.3, -0.25) is 14.4 Å². The van der Waals surface area contributed by atoms with Crippen LogP contribution in [0.5, 0.6) is 0 Å². The van der Waals surface area contributed by atoms with Crippen molar-refractivity contribution in [1.82, 2.24) is 20.4 Å². The van der Waals surface area contributed by atoms with Gasteiger partial charge in [-0.05, 0) is 33.1 Å². The van der Waals surface area contributed by atoms with Crippen LogP contribution in [0, 0.1) is 5.92 Å². The van der Waals surface area contributed by atoms with Crippen molar-refractivity contribution in [3.05, 3.63) is 5.01 Å². The molecule has 1 aromatic rings. The third-order valence-electron chi connectivity index (χ3n) is 4.39. The number of likely N-dealkylation sites (tertiary alicyclic amines) is 1. The number of hydrogen-bond acceptors (Lipinski definition) is 6. The van der Waals surface area contributed by atoms with Gasteiger partial charge in [-0.25, -0.2) is 0 Å². The summed E-state index contributed by atoms with van der Waals surface area (Å²) in [6, 6.07) is 0.127. The van der Waals surface area contributed by atoms with Crippen LogP contribution >= 0.6 is 11.3 Å². The van der Waals surface area contributed by atoms with Crippen molar-refractivity contribution in [2.45, 2.75) is 65.3 Å². The summed E-state index contributed by atoms with van der Waals surface area (Å²) in [5, 5.41) is 15.0. The topological polar surface area (TPSA) is 104 Å². The van der Waals surface area contributed by atoms with Gasteiger partial charge in [0.15, 0.2) is 0 Å². The zero-order chi connectivity index (χ0) is 19.8. The summed E-state index contributed by atoms with van der Waals surface area (Å²) >= 11 is 1.37. The monoisotopic (exact) mass is 395 g/mol. The molecule has 1 aromatic heterocycles. The zero-order valence-electron chi connectivity index (χ0n) is 16.3. The van der Waals surface area contributed by atoms with Gasteiger partial charge in [0, 0.05) is 44.3 Å². The van der Waals surface area contributed by atoms with E-state index in [0.29, 0.717) is 31.1 Å². The van der Waals surface area contributed by atoms with Gasteiger partial charge in [-0.15, -0.1) is 10.2 Å². The Kier molecular flexibility index (Phi) is 8.15. The molecule has 1 saturated heterocycles. The molecule has 0 unspecified atom stereocenters. The Hall–Kier alpha value is -2.03. The van der Waals surface area contributed by atoms with Crippen molar-refractivity contribution >= 4 is 34.2 Å². The van der Waals surface area contributed by atoms with E-state index in [9.17, 15) is 14.4 Å². The molecule has 1 fully saturated rings. The number of carbonyl (C=O) groups excluding carboxylic acids is 3. The summed E-state index contributed by atoms with van der Waals surface area (Å²) in [6.45, 7) is 7.06. The second-order valence-corrected chi connectivity index (χ2v) is 8.18. The van der Waals surface area contributed by atoms with Crippen molar-refractivity contribution < 1.29 is 14.4 Å². The number of hydrogen-bond donors (Lipinski definition) is 2. The van der Waals surface area contributed by atoms with Gasteiger partial charge in [0.25, 0.3) is 0 Å². The van der Waals surface area contributed by atoms with Crippen molar-refractivity contribution in [3.63, 3.8) is 0 Å². The molecule has 3 amide bonds. The molecule has 8 nitrogen and oxygen atoms in total. The van der Waals surface area contributed by atoms with E-state index in [1.54, 1.807) is 4.90 Å². The second-order valence-electron chi connectivity index (χ2n) is 7.12. The maximum atomic E-state index is 12.3. The van der Waals surface area contributed by atoms with E-state index in [-0.39, 0.29) is 42.5 Å². The van der Waals surface area contributed by atoms with E-state index in [1.165, 1.54) is 11.3 Å². The third-order valence-corrected chi connectivity index (χ3v) is 5.29. The first-order chi connectivity index (χ1) is 12.9. The summed E-state index contributed by atoms with van der Waals surface area (Å²) < 4.78 is 0. The Morgan fingerprint density at radius 2 is 1.89 bits per heavy atom. The van der Waals surface area contributed by atoms with Crippen LogP contribution in [-0.4, -0.2) is 52.0 Å². The molecular formula is C18H29N5O3S. The number of piperidine rings is 1. The fraction of sp³-hybridized carbons (Fsp3) is 0.722. The van der Waals surface area contributed by atoms with Gasteiger partial charge in [0.2, 0.25) is 22.9 Å². The maximum Gasteiger partial charge on any atom is 0.226 e. The number of carbonyl (C=O) groups is 3. The summed E-state index contributed by atoms with van der Waals surface area (Å²) in [5.41, 5.74) is 0. The minimum Gasteiger partial charge on any atom is -0.354 e. The number of nitrogens with one attached hydrogen (secondary N) is 2. The Morgan fingerprint density at radius 1 is 1.19 bits per heavy atom. The minimum absolute atomic E-state index is 0.0329. The lowest BCUT2D eigenvalue weighted by atomic mass is 9.95. The maximum absolute atomic E-state index is 12.3. The number of rotatable bonds is 8. The predicted octanol–water partition coefficient (Wildman–Crippen LogP) is 1.97. The Morgan fingerprint density at radius 3 is 2.52 bits per heavy atom. The van der Waals surface area contributed by atoms with Crippen molar-refractivity contribution in [2.75, 3.05) is 18.4 Å². The largest absolute Gasteiger partial charge is 0.354 e. The number of anilines is 1. The highest BCUT2D eigenvalue weighted by Crippen LogP contribution is 2.19. The fourth-order valence-electron chi connectivity index (χ4n) is 2.97. The standard InChI is InChI=1S/C18H29N5O3S/c1-4-5-15-21-22-18(27-15)20-14(24)6-7-16(25)23-10-8-13(9-11-23)17(26)19-12(2)3/h12-13H,4-11H2,1-3H3,(H,19,26)(H,20,22,24). The zero-order valence-corrected chi connectivity index (χ0v) is 17.1. The van der Waals surface area contributed by atoms with Gasteiger partial charge in [-0.1, -0.05) is 18.3 Å². The fourth-order valence-corrected chi connectivity index (χ4v) is 3.83. The first-order valence-electron chi connectivity index (χ1n) is 9.59. The highest BCUT2D eigenvalue weighted by molar-refractivity contribution is 7.15. The van der Waals surface area contributed by atoms with E-state index in [2.05, 4.69) is 27.8 Å². The summed E-state index contributed by atoms with van der Waals surface area (Å²) in [5.74, 6) is -0.240. The van der Waals surface area contributed by atoms with Crippen LogP contribution < -0.4 is 10.6 Å². The minimum atomic E-state index is -0.228. The predicted molar refractivity (Wildman–Crippen MR) is 104 cm³/mol. The molecule has 0 saturated carbocycles. The normalized spacial score (nSPS) is 15.0. The Balaban J connectivity index is 1.69. The summed E-state index contributed by atoms with van der Waals surface area (Å²) in [4.78, 5) is 38.1. The summed E-state index contributed by atoms with van der Waals surface area (Å²) in [7, 11) is 0. The highest BCUT2D eigenvalue weighted by Gasteiger charge is 2.27. The van der Waals surface area contributed by atoms with E-state index < -0.39 is 0 Å². The lowest BCUT2D eigenvalue weighted by Crippen LogP contribution is -2.44. The molecule has 1 aliphatic rings. The number of aromatic nitrogens is 2. The summed E-state index contributed by atoms with van der Waals surface area (Å²) in [6.07, 6.45) is 3.44. The molecule has 0 aliphatic carbocycles. The molecule has 150 valence electrons. The Labute approximate surface area is 164 Å². The van der Waals surface area contributed by atoms with Crippen LogP contribution in [0.15, 0.2) is 0 Å². The number of amides is 3. The van der Waals surface area contributed by atoms with E-state index in [4.69, 9.17) is 0 Å². The number of aryl methyl sites for hydroxylation is 1. The van der Waals surface area contributed by atoms with Gasteiger partial charge in [-0.2, -0.15) is 0 Å². The van der Waals surface area contributed by atoms with E-state index in [1.807, 2.05) is 13.8 Å². The van der Waals surface area contributed by atoms with Gasteiger partial charge in [0.05, 0.1) is 0 Å². The van der Waals surface area contributed by atoms with Crippen LogP contribution in [0.25, 0.3) is 0 Å². The van der Waals surface area contributed by atoms with Gasteiger partial charge < -0.3 is 15.5 Å². The quantitative estimate of drug-likeness (QED) is 0.700.